The number of carboxylic acids is 1. The van der Waals surface area contributed by atoms with Gasteiger partial charge in [-0.1, -0.05) is 6.07 Å². The number of hydrogen-bond acceptors (Lipinski definition) is 3. The van der Waals surface area contributed by atoms with Gasteiger partial charge in [-0.3, -0.25) is 0 Å². The van der Waals surface area contributed by atoms with E-state index in [0.717, 1.165) is 17.7 Å². The topological polar surface area (TPSA) is 66.8 Å². The van der Waals surface area contributed by atoms with E-state index in [1.165, 1.54) is 0 Å². The van der Waals surface area contributed by atoms with E-state index in [2.05, 4.69) is 0 Å². The van der Waals surface area contributed by atoms with Crippen molar-refractivity contribution >= 4 is 5.97 Å². The van der Waals surface area contributed by atoms with E-state index in [-0.39, 0.29) is 0 Å². The first-order valence-electron chi connectivity index (χ1n) is 4.35. The lowest BCUT2D eigenvalue weighted by molar-refractivity contribution is -0.146. The van der Waals surface area contributed by atoms with E-state index in [1.54, 1.807) is 18.2 Å². The van der Waals surface area contributed by atoms with Crippen LogP contribution in [0, 0.1) is 0 Å². The maximum Gasteiger partial charge on any atom is 0.337 e. The fourth-order valence-corrected chi connectivity index (χ4v) is 1.52. The molecule has 1 aliphatic rings. The average molecular weight is 194 g/mol. The Balaban J connectivity index is 2.33. The number of benzene rings is 1. The molecule has 4 nitrogen and oxygen atoms in total. The Bertz CT molecular complexity index is 372. The average Bonchev–Trinajstić information content (AvgIpc) is 2.62. The predicted molar refractivity (Wildman–Crippen MR) is 48.2 cm³/mol. The van der Waals surface area contributed by atoms with Crippen molar-refractivity contribution in [1.82, 2.24) is 0 Å². The number of fused-ring (bicyclic) bond motifs is 1. The summed E-state index contributed by atoms with van der Waals surface area (Å²) in [5, 5.41) is 17.9. The highest BCUT2D eigenvalue weighted by Gasteiger charge is 2.19. The van der Waals surface area contributed by atoms with Crippen molar-refractivity contribution in [3.05, 3.63) is 29.3 Å². The SMILES string of the molecule is O=C(O)[C@@H](O)c1ccc2c(c1)CCO2. The van der Waals surface area contributed by atoms with Gasteiger partial charge < -0.3 is 14.9 Å². The van der Waals surface area contributed by atoms with Crippen LogP contribution < -0.4 is 4.74 Å². The van der Waals surface area contributed by atoms with Gasteiger partial charge in [-0.05, 0) is 23.3 Å². The molecule has 1 aromatic rings. The summed E-state index contributed by atoms with van der Waals surface area (Å²) in [6.45, 7) is 0.627. The Morgan fingerprint density at radius 1 is 1.50 bits per heavy atom. The molecule has 2 N–H and O–H groups in total. The Labute approximate surface area is 80.7 Å². The molecular formula is C10H10O4. The van der Waals surface area contributed by atoms with Crippen LogP contribution in [-0.4, -0.2) is 22.8 Å². The van der Waals surface area contributed by atoms with Crippen LogP contribution in [0.25, 0.3) is 0 Å². The molecule has 0 bridgehead atoms. The second-order valence-electron chi connectivity index (χ2n) is 3.21. The minimum absolute atomic E-state index is 0.404. The van der Waals surface area contributed by atoms with E-state index in [4.69, 9.17) is 9.84 Å². The summed E-state index contributed by atoms with van der Waals surface area (Å²) in [6.07, 6.45) is -0.670. The lowest BCUT2D eigenvalue weighted by atomic mass is 10.0. The van der Waals surface area contributed by atoms with Crippen LogP contribution in [0.3, 0.4) is 0 Å². The maximum absolute atomic E-state index is 10.5. The summed E-state index contributed by atoms with van der Waals surface area (Å²) >= 11 is 0. The van der Waals surface area contributed by atoms with Crippen molar-refractivity contribution in [2.45, 2.75) is 12.5 Å². The van der Waals surface area contributed by atoms with Crippen molar-refractivity contribution < 1.29 is 19.7 Å². The molecule has 74 valence electrons. The fourth-order valence-electron chi connectivity index (χ4n) is 1.52. The Kier molecular flexibility index (Phi) is 2.13. The summed E-state index contributed by atoms with van der Waals surface area (Å²) in [5.41, 5.74) is 1.37. The number of aliphatic hydroxyl groups is 1. The fraction of sp³-hybridized carbons (Fsp3) is 0.300. The van der Waals surface area contributed by atoms with Gasteiger partial charge in [-0.2, -0.15) is 0 Å². The molecule has 0 amide bonds. The molecule has 0 fully saturated rings. The quantitative estimate of drug-likeness (QED) is 0.728. The second-order valence-corrected chi connectivity index (χ2v) is 3.21. The van der Waals surface area contributed by atoms with E-state index in [1.807, 2.05) is 0 Å². The molecule has 1 aliphatic heterocycles. The largest absolute Gasteiger partial charge is 0.493 e. The molecular weight excluding hydrogens is 184 g/mol. The number of carboxylic acid groups (broad SMARTS) is 1. The highest BCUT2D eigenvalue weighted by atomic mass is 16.5. The molecule has 1 atom stereocenters. The van der Waals surface area contributed by atoms with Gasteiger partial charge in [0.15, 0.2) is 6.10 Å². The molecule has 0 spiro atoms. The summed E-state index contributed by atoms with van der Waals surface area (Å²) in [4.78, 5) is 10.5. The first-order chi connectivity index (χ1) is 6.68. The Hall–Kier alpha value is -1.55. The van der Waals surface area contributed by atoms with E-state index >= 15 is 0 Å². The van der Waals surface area contributed by atoms with Gasteiger partial charge in [0, 0.05) is 6.42 Å². The number of hydrogen-bond donors (Lipinski definition) is 2. The molecule has 0 unspecified atom stereocenters. The number of ether oxygens (including phenoxy) is 1. The summed E-state index contributed by atoms with van der Waals surface area (Å²) < 4.78 is 5.26. The minimum atomic E-state index is -1.44. The molecule has 1 heterocycles. The van der Waals surface area contributed by atoms with Crippen LogP contribution in [0.1, 0.15) is 17.2 Å². The first kappa shape index (κ1) is 9.02. The van der Waals surface area contributed by atoms with Crippen LogP contribution in [0.2, 0.25) is 0 Å². The van der Waals surface area contributed by atoms with Gasteiger partial charge in [0.05, 0.1) is 6.61 Å². The van der Waals surface area contributed by atoms with Crippen molar-refractivity contribution in [3.8, 4) is 5.75 Å². The predicted octanol–water partition coefficient (Wildman–Crippen LogP) is 0.740. The van der Waals surface area contributed by atoms with Crippen LogP contribution in [-0.2, 0) is 11.2 Å². The van der Waals surface area contributed by atoms with Gasteiger partial charge in [0.2, 0.25) is 0 Å². The van der Waals surface area contributed by atoms with Gasteiger partial charge in [-0.25, -0.2) is 4.79 Å². The Morgan fingerprint density at radius 2 is 2.29 bits per heavy atom. The molecule has 0 aliphatic carbocycles. The number of aliphatic carboxylic acids is 1. The molecule has 1 aromatic carbocycles. The molecule has 4 heteroatoms. The number of aliphatic hydroxyl groups excluding tert-OH is 1. The van der Waals surface area contributed by atoms with Crippen molar-refractivity contribution in [2.75, 3.05) is 6.61 Å². The second kappa shape index (κ2) is 3.31. The molecule has 0 radical (unpaired) electrons. The normalized spacial score (nSPS) is 15.8. The third-order valence-electron chi connectivity index (χ3n) is 2.26. The first-order valence-corrected chi connectivity index (χ1v) is 4.35. The van der Waals surface area contributed by atoms with Gasteiger partial charge in [0.1, 0.15) is 5.75 Å². The zero-order valence-electron chi connectivity index (χ0n) is 7.43. The van der Waals surface area contributed by atoms with Crippen LogP contribution >= 0.6 is 0 Å². The highest BCUT2D eigenvalue weighted by Crippen LogP contribution is 2.28. The lowest BCUT2D eigenvalue weighted by Crippen LogP contribution is -2.10. The van der Waals surface area contributed by atoms with E-state index < -0.39 is 12.1 Å². The van der Waals surface area contributed by atoms with Crippen LogP contribution in [0.5, 0.6) is 5.75 Å². The molecule has 2 rings (SSSR count). The van der Waals surface area contributed by atoms with Crippen molar-refractivity contribution in [1.29, 1.82) is 0 Å². The standard InChI is InChI=1S/C10H10O4/c11-9(10(12)13)7-1-2-8-6(5-7)3-4-14-8/h1-2,5,9,11H,3-4H2,(H,12,13)/t9-/m0/s1. The highest BCUT2D eigenvalue weighted by molar-refractivity contribution is 5.74. The smallest absolute Gasteiger partial charge is 0.337 e. The number of rotatable bonds is 2. The maximum atomic E-state index is 10.5. The molecule has 0 aromatic heterocycles. The lowest BCUT2D eigenvalue weighted by Gasteiger charge is -2.06. The van der Waals surface area contributed by atoms with Crippen LogP contribution in [0.4, 0.5) is 0 Å². The van der Waals surface area contributed by atoms with Crippen LogP contribution in [0.15, 0.2) is 18.2 Å². The molecule has 0 saturated heterocycles. The minimum Gasteiger partial charge on any atom is -0.493 e. The summed E-state index contributed by atoms with van der Waals surface area (Å²) in [6, 6.07) is 4.95. The zero-order chi connectivity index (χ0) is 10.1. The van der Waals surface area contributed by atoms with Crippen molar-refractivity contribution in [3.63, 3.8) is 0 Å². The van der Waals surface area contributed by atoms with Gasteiger partial charge in [0.25, 0.3) is 0 Å². The van der Waals surface area contributed by atoms with Gasteiger partial charge in [-0.15, -0.1) is 0 Å². The zero-order valence-corrected chi connectivity index (χ0v) is 7.43. The summed E-state index contributed by atoms with van der Waals surface area (Å²) in [7, 11) is 0. The third-order valence-corrected chi connectivity index (χ3v) is 2.26. The molecule has 0 saturated carbocycles. The summed E-state index contributed by atoms with van der Waals surface area (Å²) in [5.74, 6) is -0.449. The monoisotopic (exact) mass is 194 g/mol. The van der Waals surface area contributed by atoms with Gasteiger partial charge >= 0.3 is 5.97 Å². The van der Waals surface area contributed by atoms with E-state index in [9.17, 15) is 9.90 Å². The Morgan fingerprint density at radius 3 is 3.00 bits per heavy atom. The number of carbonyl (C=O) groups is 1. The molecule has 14 heavy (non-hydrogen) atoms. The van der Waals surface area contributed by atoms with E-state index in [0.29, 0.717) is 12.2 Å². The third kappa shape index (κ3) is 1.44. The van der Waals surface area contributed by atoms with Crippen molar-refractivity contribution in [2.24, 2.45) is 0 Å².